The van der Waals surface area contributed by atoms with E-state index in [1.165, 1.54) is 12.3 Å². The van der Waals surface area contributed by atoms with Crippen molar-refractivity contribution in [2.45, 2.75) is 32.2 Å². The second-order valence-electron chi connectivity index (χ2n) is 4.30. The predicted molar refractivity (Wildman–Crippen MR) is 71.2 cm³/mol. The highest BCUT2D eigenvalue weighted by Crippen LogP contribution is 2.24. The van der Waals surface area contributed by atoms with Gasteiger partial charge in [-0.2, -0.15) is 0 Å². The Hall–Kier alpha value is -1.82. The zero-order valence-corrected chi connectivity index (χ0v) is 10.7. The summed E-state index contributed by atoms with van der Waals surface area (Å²) in [6, 6.07) is 1.48. The maximum atomic E-state index is 11.3. The number of nitrogen functional groups attached to an aromatic ring is 1. The fourth-order valence-electron chi connectivity index (χ4n) is 1.71. The van der Waals surface area contributed by atoms with Gasteiger partial charge in [0.25, 0.3) is 5.91 Å². The molecule has 0 atom stereocenters. The van der Waals surface area contributed by atoms with Crippen LogP contribution in [0.5, 0.6) is 0 Å². The molecule has 1 amide bonds. The molecule has 0 aromatic carbocycles. The Labute approximate surface area is 106 Å². The highest BCUT2D eigenvalue weighted by molar-refractivity contribution is 5.98. The minimum atomic E-state index is -0.601. The number of aliphatic hydroxyl groups is 1. The molecule has 0 aliphatic heterocycles. The van der Waals surface area contributed by atoms with Gasteiger partial charge in [0.2, 0.25) is 0 Å². The first-order valence-corrected chi connectivity index (χ1v) is 5.92. The second kappa shape index (κ2) is 5.68. The van der Waals surface area contributed by atoms with Gasteiger partial charge in [0.1, 0.15) is 5.82 Å². The van der Waals surface area contributed by atoms with Crippen molar-refractivity contribution in [3.63, 3.8) is 0 Å². The van der Waals surface area contributed by atoms with Crippen LogP contribution in [0, 0.1) is 0 Å². The number of amides is 1. The van der Waals surface area contributed by atoms with E-state index in [0.717, 1.165) is 0 Å². The predicted octanol–water partition coefficient (Wildman–Crippen LogP) is 0.726. The van der Waals surface area contributed by atoms with Crippen molar-refractivity contribution in [1.29, 1.82) is 0 Å². The molecule has 6 N–H and O–H groups in total. The molecular weight excluding hydrogens is 232 g/mol. The van der Waals surface area contributed by atoms with E-state index in [0.29, 0.717) is 24.3 Å². The largest absolute Gasteiger partial charge is 0.397 e. The van der Waals surface area contributed by atoms with Crippen LogP contribution in [-0.2, 0) is 0 Å². The SMILES string of the molecule is CCC(CC)(CO)Nc1ncc(N)cc1C(N)=O. The van der Waals surface area contributed by atoms with Crippen LogP contribution in [-0.4, -0.2) is 28.1 Å². The highest BCUT2D eigenvalue weighted by Gasteiger charge is 2.27. The highest BCUT2D eigenvalue weighted by atomic mass is 16.3. The molecule has 1 aromatic heterocycles. The van der Waals surface area contributed by atoms with Gasteiger partial charge in [-0.05, 0) is 18.9 Å². The minimum Gasteiger partial charge on any atom is -0.397 e. The summed E-state index contributed by atoms with van der Waals surface area (Å²) in [6.07, 6.45) is 2.84. The number of anilines is 2. The lowest BCUT2D eigenvalue weighted by atomic mass is 9.93. The summed E-state index contributed by atoms with van der Waals surface area (Å²) in [4.78, 5) is 15.4. The molecule has 1 aromatic rings. The van der Waals surface area contributed by atoms with E-state index in [4.69, 9.17) is 11.5 Å². The van der Waals surface area contributed by atoms with Gasteiger partial charge in [-0.15, -0.1) is 0 Å². The number of hydrogen-bond donors (Lipinski definition) is 4. The van der Waals surface area contributed by atoms with E-state index in [1.54, 1.807) is 0 Å². The molecule has 18 heavy (non-hydrogen) atoms. The maximum absolute atomic E-state index is 11.3. The summed E-state index contributed by atoms with van der Waals surface area (Å²) < 4.78 is 0. The van der Waals surface area contributed by atoms with Gasteiger partial charge in [-0.3, -0.25) is 4.79 Å². The van der Waals surface area contributed by atoms with Crippen molar-refractivity contribution in [3.8, 4) is 0 Å². The Morgan fingerprint density at radius 2 is 2.11 bits per heavy atom. The van der Waals surface area contributed by atoms with Crippen LogP contribution >= 0.6 is 0 Å². The molecule has 0 saturated heterocycles. The molecule has 0 radical (unpaired) electrons. The van der Waals surface area contributed by atoms with E-state index in [2.05, 4.69) is 10.3 Å². The summed E-state index contributed by atoms with van der Waals surface area (Å²) in [6.45, 7) is 3.85. The first-order valence-electron chi connectivity index (χ1n) is 5.92. The monoisotopic (exact) mass is 252 g/mol. The molecule has 0 fully saturated rings. The van der Waals surface area contributed by atoms with Crippen molar-refractivity contribution >= 4 is 17.4 Å². The third kappa shape index (κ3) is 2.89. The lowest BCUT2D eigenvalue weighted by Crippen LogP contribution is -2.41. The van der Waals surface area contributed by atoms with E-state index in [1.807, 2.05) is 13.8 Å². The first-order chi connectivity index (χ1) is 8.48. The lowest BCUT2D eigenvalue weighted by Gasteiger charge is -2.31. The van der Waals surface area contributed by atoms with Gasteiger partial charge in [0.05, 0.1) is 29.6 Å². The normalized spacial score (nSPS) is 11.3. The van der Waals surface area contributed by atoms with Gasteiger partial charge in [0.15, 0.2) is 0 Å². The number of nitrogens with two attached hydrogens (primary N) is 2. The van der Waals surface area contributed by atoms with Gasteiger partial charge in [-0.1, -0.05) is 13.8 Å². The number of carbonyl (C=O) groups excluding carboxylic acids is 1. The van der Waals surface area contributed by atoms with E-state index < -0.39 is 11.4 Å². The molecule has 0 saturated carbocycles. The molecular formula is C12H20N4O2. The second-order valence-corrected chi connectivity index (χ2v) is 4.30. The Kier molecular flexibility index (Phi) is 4.49. The van der Waals surface area contributed by atoms with E-state index >= 15 is 0 Å². The molecule has 6 heteroatoms. The number of pyridine rings is 1. The third-order valence-electron chi connectivity index (χ3n) is 3.21. The maximum Gasteiger partial charge on any atom is 0.252 e. The van der Waals surface area contributed by atoms with Crippen LogP contribution in [0.25, 0.3) is 0 Å². The van der Waals surface area contributed by atoms with Gasteiger partial charge in [-0.25, -0.2) is 4.98 Å². The van der Waals surface area contributed by atoms with E-state index in [-0.39, 0.29) is 12.2 Å². The fraction of sp³-hybridized carbons (Fsp3) is 0.500. The molecule has 0 spiro atoms. The molecule has 0 bridgehead atoms. The zero-order valence-electron chi connectivity index (χ0n) is 10.7. The standard InChI is InChI=1S/C12H20N4O2/c1-3-12(4-2,7-17)16-11-9(10(14)18)5-8(13)6-15-11/h5-6,17H,3-4,7,13H2,1-2H3,(H2,14,18)(H,15,16). The summed E-state index contributed by atoms with van der Waals surface area (Å²) >= 11 is 0. The van der Waals surface area contributed by atoms with Crippen LogP contribution in [0.2, 0.25) is 0 Å². The number of primary amides is 1. The Balaban J connectivity index is 3.13. The third-order valence-corrected chi connectivity index (χ3v) is 3.21. The molecule has 0 aliphatic carbocycles. The van der Waals surface area contributed by atoms with Gasteiger partial charge < -0.3 is 21.9 Å². The molecule has 100 valence electrons. The number of aliphatic hydroxyl groups excluding tert-OH is 1. The summed E-state index contributed by atoms with van der Waals surface area (Å²) in [7, 11) is 0. The average molecular weight is 252 g/mol. The Bertz CT molecular complexity index is 422. The van der Waals surface area contributed by atoms with Gasteiger partial charge in [0, 0.05) is 0 Å². The molecule has 0 unspecified atom stereocenters. The number of carbonyl (C=O) groups is 1. The van der Waals surface area contributed by atoms with Crippen LogP contribution in [0.3, 0.4) is 0 Å². The van der Waals surface area contributed by atoms with Crippen LogP contribution in [0.4, 0.5) is 11.5 Å². The van der Waals surface area contributed by atoms with E-state index in [9.17, 15) is 9.90 Å². The molecule has 0 aliphatic rings. The van der Waals surface area contributed by atoms with Crippen LogP contribution in [0.1, 0.15) is 37.0 Å². The number of rotatable bonds is 6. The summed E-state index contributed by atoms with van der Waals surface area (Å²) in [5, 5.41) is 12.6. The van der Waals surface area contributed by atoms with Gasteiger partial charge >= 0.3 is 0 Å². The van der Waals surface area contributed by atoms with Crippen molar-refractivity contribution in [1.82, 2.24) is 4.98 Å². The molecule has 1 heterocycles. The first kappa shape index (κ1) is 14.2. The quantitative estimate of drug-likeness (QED) is 0.595. The zero-order chi connectivity index (χ0) is 13.8. The number of hydrogen-bond acceptors (Lipinski definition) is 5. The molecule has 1 rings (SSSR count). The average Bonchev–Trinajstić information content (AvgIpc) is 2.37. The topological polar surface area (TPSA) is 114 Å². The Morgan fingerprint density at radius 1 is 1.50 bits per heavy atom. The lowest BCUT2D eigenvalue weighted by molar-refractivity contribution is 0.100. The number of nitrogens with one attached hydrogen (secondary N) is 1. The Morgan fingerprint density at radius 3 is 2.56 bits per heavy atom. The van der Waals surface area contributed by atoms with Crippen molar-refractivity contribution in [2.24, 2.45) is 5.73 Å². The number of nitrogens with zero attached hydrogens (tertiary/aromatic N) is 1. The summed E-state index contributed by atoms with van der Waals surface area (Å²) in [5.41, 5.74) is 11.0. The fourth-order valence-corrected chi connectivity index (χ4v) is 1.71. The van der Waals surface area contributed by atoms with Crippen molar-refractivity contribution < 1.29 is 9.90 Å². The number of aromatic nitrogens is 1. The molecule has 6 nitrogen and oxygen atoms in total. The van der Waals surface area contributed by atoms with Crippen LogP contribution < -0.4 is 16.8 Å². The van der Waals surface area contributed by atoms with Crippen molar-refractivity contribution in [3.05, 3.63) is 17.8 Å². The smallest absolute Gasteiger partial charge is 0.252 e. The van der Waals surface area contributed by atoms with Crippen molar-refractivity contribution in [2.75, 3.05) is 17.7 Å². The minimum absolute atomic E-state index is 0.0513. The summed E-state index contributed by atoms with van der Waals surface area (Å²) in [5.74, 6) is -0.245. The van der Waals surface area contributed by atoms with Crippen LogP contribution in [0.15, 0.2) is 12.3 Å².